The van der Waals surface area contributed by atoms with E-state index in [1.807, 2.05) is 27.8 Å². The van der Waals surface area contributed by atoms with Crippen LogP contribution in [-0.2, 0) is 22.9 Å². The molecule has 0 radical (unpaired) electrons. The van der Waals surface area contributed by atoms with Crippen molar-refractivity contribution in [3.8, 4) is 6.07 Å². The minimum absolute atomic E-state index is 0.0277. The summed E-state index contributed by atoms with van der Waals surface area (Å²) in [4.78, 5) is 0. The molecule has 0 spiro atoms. The van der Waals surface area contributed by atoms with Gasteiger partial charge in [0, 0.05) is 19.0 Å². The maximum absolute atomic E-state index is 10.6. The first-order valence-corrected chi connectivity index (χ1v) is 17.4. The summed E-state index contributed by atoms with van der Waals surface area (Å²) < 4.78 is 31.8. The van der Waals surface area contributed by atoms with Crippen LogP contribution in [0.25, 0.3) is 0 Å². The molecule has 0 aliphatic carbocycles. The standard InChI is InChI=1S/C24H48N3O6PSi/c1-16-17(2)30-19(21(16)28)15-27-34(8,29-13-11-12-25)32-23-20(14-26-7)31-18(3)22(23)33-35(9,10)24(4,5)6/h16-23,26-28H,8,11,13-15H2,1-7,9-10H3/t16?,17-,18-,19+,20+,21+,22?,23-,34?/m0/s1. The van der Waals surface area contributed by atoms with E-state index in [-0.39, 0.29) is 48.4 Å². The van der Waals surface area contributed by atoms with Crippen molar-refractivity contribution in [2.45, 2.75) is 109 Å². The van der Waals surface area contributed by atoms with Gasteiger partial charge in [0.05, 0.1) is 49.6 Å². The molecule has 2 fully saturated rings. The highest BCUT2D eigenvalue weighted by molar-refractivity contribution is 7.62. The number of rotatable bonds is 12. The number of likely N-dealkylation sites (N-methyl/N-ethyl adjacent to an activating group) is 1. The summed E-state index contributed by atoms with van der Waals surface area (Å²) in [5, 5.41) is 26.2. The van der Waals surface area contributed by atoms with Crippen LogP contribution in [0.5, 0.6) is 0 Å². The molecule has 2 aliphatic heterocycles. The van der Waals surface area contributed by atoms with Crippen LogP contribution in [0.15, 0.2) is 0 Å². The minimum Gasteiger partial charge on any atom is -0.409 e. The summed E-state index contributed by atoms with van der Waals surface area (Å²) in [6.07, 6.45) is 2.40. The fourth-order valence-electron chi connectivity index (χ4n) is 4.13. The average molecular weight is 534 g/mol. The maximum Gasteiger partial charge on any atom is 0.192 e. The topological polar surface area (TPSA) is 114 Å². The smallest absolute Gasteiger partial charge is 0.192 e. The van der Waals surface area contributed by atoms with Crippen LogP contribution in [0, 0.1) is 17.2 Å². The molecule has 3 N–H and O–H groups in total. The molecule has 0 aromatic carbocycles. The van der Waals surface area contributed by atoms with Crippen LogP contribution < -0.4 is 10.4 Å². The number of hydrogen-bond donors (Lipinski definition) is 3. The third-order valence-electron chi connectivity index (χ3n) is 7.57. The molecule has 9 nitrogen and oxygen atoms in total. The molecule has 204 valence electrons. The van der Waals surface area contributed by atoms with E-state index < -0.39 is 34.1 Å². The summed E-state index contributed by atoms with van der Waals surface area (Å²) in [6, 6.07) is 2.11. The zero-order chi connectivity index (χ0) is 26.6. The van der Waals surface area contributed by atoms with E-state index in [1.165, 1.54) is 0 Å². The van der Waals surface area contributed by atoms with E-state index >= 15 is 0 Å². The summed E-state index contributed by atoms with van der Waals surface area (Å²) in [7, 11) is -3.16. The first kappa shape index (κ1) is 30.9. The molecule has 35 heavy (non-hydrogen) atoms. The number of ether oxygens (including phenoxy) is 2. The van der Waals surface area contributed by atoms with E-state index in [9.17, 15) is 5.11 Å². The van der Waals surface area contributed by atoms with Crippen LogP contribution in [0.1, 0.15) is 48.0 Å². The number of aliphatic hydroxyl groups is 1. The maximum atomic E-state index is 10.6. The van der Waals surface area contributed by atoms with Gasteiger partial charge in [-0.05, 0) is 45.3 Å². The van der Waals surface area contributed by atoms with Gasteiger partial charge in [0.15, 0.2) is 15.8 Å². The number of nitriles is 1. The van der Waals surface area contributed by atoms with Crippen molar-refractivity contribution in [1.82, 2.24) is 10.4 Å². The van der Waals surface area contributed by atoms with Crippen molar-refractivity contribution in [3.63, 3.8) is 0 Å². The monoisotopic (exact) mass is 533 g/mol. The molecule has 0 aromatic heterocycles. The summed E-state index contributed by atoms with van der Waals surface area (Å²) in [5.74, 6) is 0.0335. The third-order valence-corrected chi connectivity index (χ3v) is 13.9. The Morgan fingerprint density at radius 1 is 1.09 bits per heavy atom. The van der Waals surface area contributed by atoms with Gasteiger partial charge in [-0.3, -0.25) is 5.09 Å². The number of nitrogens with one attached hydrogen (secondary N) is 2. The molecule has 2 rings (SSSR count). The van der Waals surface area contributed by atoms with Gasteiger partial charge in [-0.15, -0.1) is 0 Å². The second-order valence-electron chi connectivity index (χ2n) is 11.4. The zero-order valence-corrected chi connectivity index (χ0v) is 24.9. The van der Waals surface area contributed by atoms with Crippen LogP contribution in [0.4, 0.5) is 0 Å². The van der Waals surface area contributed by atoms with Crippen LogP contribution in [0.3, 0.4) is 0 Å². The van der Waals surface area contributed by atoms with Crippen molar-refractivity contribution in [3.05, 3.63) is 0 Å². The van der Waals surface area contributed by atoms with Gasteiger partial charge >= 0.3 is 0 Å². The predicted octanol–water partition coefficient (Wildman–Crippen LogP) is 3.27. The summed E-state index contributed by atoms with van der Waals surface area (Å²) in [5.41, 5.74) is 0. The fraction of sp³-hybridized carbons (Fsp3) is 0.917. The van der Waals surface area contributed by atoms with Gasteiger partial charge in [0.25, 0.3) is 0 Å². The highest BCUT2D eigenvalue weighted by Gasteiger charge is 2.50. The van der Waals surface area contributed by atoms with Crippen molar-refractivity contribution < 1.29 is 28.1 Å². The lowest BCUT2D eigenvalue weighted by Gasteiger charge is -2.41. The largest absolute Gasteiger partial charge is 0.409 e. The van der Waals surface area contributed by atoms with Crippen LogP contribution in [0.2, 0.25) is 18.1 Å². The normalized spacial score (nSPS) is 35.7. The Hall–Kier alpha value is -0.313. The molecule has 0 aromatic rings. The first-order chi connectivity index (χ1) is 16.2. The Balaban J connectivity index is 2.26. The Morgan fingerprint density at radius 3 is 2.23 bits per heavy atom. The fourth-order valence-corrected chi connectivity index (χ4v) is 7.21. The zero-order valence-electron chi connectivity index (χ0n) is 23.0. The molecular weight excluding hydrogens is 485 g/mol. The van der Waals surface area contributed by atoms with Crippen molar-refractivity contribution in [1.29, 1.82) is 5.26 Å². The number of nitrogens with zero attached hydrogens (tertiary/aromatic N) is 1. The minimum atomic E-state index is -2.91. The van der Waals surface area contributed by atoms with Gasteiger partial charge < -0.3 is 33.4 Å². The SMILES string of the molecule is C=P(NC[C@H]1O[C@@H](C)C(C)[C@H]1O)(OCCC#N)O[C@@H]1C(O[Si](C)(C)C(C)(C)C)[C@H](C)O[C@@H]1CNC. The van der Waals surface area contributed by atoms with E-state index in [4.69, 9.17) is 28.2 Å². The highest BCUT2D eigenvalue weighted by Crippen LogP contribution is 2.49. The first-order valence-electron chi connectivity index (χ1n) is 12.7. The lowest BCUT2D eigenvalue weighted by Crippen LogP contribution is -2.50. The molecule has 2 aliphatic rings. The number of hydrogen-bond acceptors (Lipinski definition) is 9. The van der Waals surface area contributed by atoms with E-state index in [1.54, 1.807) is 0 Å². The average Bonchev–Trinajstić information content (AvgIpc) is 3.16. The molecule has 0 bridgehead atoms. The van der Waals surface area contributed by atoms with Gasteiger partial charge in [-0.1, -0.05) is 27.7 Å². The van der Waals surface area contributed by atoms with E-state index in [0.29, 0.717) is 13.1 Å². The molecule has 9 atom stereocenters. The predicted molar refractivity (Wildman–Crippen MR) is 143 cm³/mol. The van der Waals surface area contributed by atoms with E-state index in [0.717, 1.165) is 0 Å². The molecular formula is C24H48N3O6PSi. The molecule has 2 saturated heterocycles. The Kier molecular flexibility index (Phi) is 11.0. The van der Waals surface area contributed by atoms with Gasteiger partial charge in [0.2, 0.25) is 0 Å². The molecule has 0 saturated carbocycles. The number of aliphatic hydroxyl groups excluding tert-OH is 1. The van der Waals surface area contributed by atoms with Gasteiger partial charge in [-0.25, -0.2) is 0 Å². The summed E-state index contributed by atoms with van der Waals surface area (Å²) in [6.45, 7) is 18.1. The van der Waals surface area contributed by atoms with Gasteiger partial charge in [-0.2, -0.15) is 5.26 Å². The Bertz CT molecular complexity index is 773. The highest BCUT2D eigenvalue weighted by atomic mass is 31.2. The lowest BCUT2D eigenvalue weighted by atomic mass is 10.00. The van der Waals surface area contributed by atoms with Crippen molar-refractivity contribution in [2.24, 2.45) is 5.92 Å². The Labute approximate surface area is 213 Å². The Morgan fingerprint density at radius 2 is 1.71 bits per heavy atom. The molecule has 0 amide bonds. The van der Waals surface area contributed by atoms with Crippen LogP contribution in [-0.4, -0.2) is 89.2 Å². The molecule has 3 unspecified atom stereocenters. The molecule has 11 heteroatoms. The second-order valence-corrected chi connectivity index (χ2v) is 18.2. The third kappa shape index (κ3) is 7.84. The lowest BCUT2D eigenvalue weighted by molar-refractivity contribution is 0.0150. The van der Waals surface area contributed by atoms with Crippen LogP contribution >= 0.6 is 7.49 Å². The second kappa shape index (κ2) is 12.5. The van der Waals surface area contributed by atoms with Gasteiger partial charge in [0.1, 0.15) is 12.2 Å². The van der Waals surface area contributed by atoms with Crippen molar-refractivity contribution in [2.75, 3.05) is 26.7 Å². The summed E-state index contributed by atoms with van der Waals surface area (Å²) >= 11 is 0. The van der Waals surface area contributed by atoms with Crippen molar-refractivity contribution >= 4 is 22.1 Å². The molecule has 2 heterocycles. The van der Waals surface area contributed by atoms with E-state index in [2.05, 4.69) is 56.6 Å². The quantitative estimate of drug-likeness (QED) is 0.198.